The van der Waals surface area contributed by atoms with Gasteiger partial charge in [-0.1, -0.05) is 6.07 Å². The number of rotatable bonds is 3. The average Bonchev–Trinajstić information content (AvgIpc) is 2.37. The van der Waals surface area contributed by atoms with Gasteiger partial charge in [0, 0.05) is 17.6 Å². The first kappa shape index (κ1) is 13.1. The highest BCUT2D eigenvalue weighted by molar-refractivity contribution is 5.93. The van der Waals surface area contributed by atoms with E-state index in [-0.39, 0.29) is 18.1 Å². The summed E-state index contributed by atoms with van der Waals surface area (Å²) < 4.78 is 0. The Balaban J connectivity index is 2.09. The summed E-state index contributed by atoms with van der Waals surface area (Å²) in [5.41, 5.74) is 3.01. The number of aromatic hydroxyl groups is 1. The van der Waals surface area contributed by atoms with Crippen LogP contribution in [-0.4, -0.2) is 16.0 Å². The first-order chi connectivity index (χ1) is 9.06. The van der Waals surface area contributed by atoms with Crippen molar-refractivity contribution in [1.82, 2.24) is 4.98 Å². The number of phenolic OH excluding ortho intramolecular Hbond substituents is 1. The van der Waals surface area contributed by atoms with Gasteiger partial charge in [-0.25, -0.2) is 0 Å². The maximum absolute atomic E-state index is 11.9. The smallest absolute Gasteiger partial charge is 0.230 e. The maximum Gasteiger partial charge on any atom is 0.230 e. The van der Waals surface area contributed by atoms with Crippen LogP contribution in [-0.2, 0) is 11.2 Å². The third-order valence-corrected chi connectivity index (χ3v) is 2.88. The Morgan fingerprint density at radius 3 is 2.74 bits per heavy atom. The van der Waals surface area contributed by atoms with E-state index in [0.29, 0.717) is 0 Å². The largest absolute Gasteiger partial charge is 0.508 e. The van der Waals surface area contributed by atoms with Crippen LogP contribution in [0.5, 0.6) is 5.75 Å². The Morgan fingerprint density at radius 1 is 1.26 bits per heavy atom. The van der Waals surface area contributed by atoms with Crippen molar-refractivity contribution in [2.75, 3.05) is 5.32 Å². The topological polar surface area (TPSA) is 62.2 Å². The molecule has 0 aliphatic rings. The number of aryl methyl sites for hydroxylation is 2. The molecule has 0 saturated heterocycles. The monoisotopic (exact) mass is 256 g/mol. The molecule has 0 atom stereocenters. The molecule has 0 spiro atoms. The van der Waals surface area contributed by atoms with Crippen LogP contribution in [0.15, 0.2) is 36.5 Å². The molecule has 0 fully saturated rings. The zero-order valence-corrected chi connectivity index (χ0v) is 11.0. The highest BCUT2D eigenvalue weighted by atomic mass is 16.3. The molecule has 4 nitrogen and oxygen atoms in total. The third kappa shape index (κ3) is 3.31. The minimum atomic E-state index is -0.119. The Kier molecular flexibility index (Phi) is 3.80. The summed E-state index contributed by atoms with van der Waals surface area (Å²) in [6, 6.07) is 8.89. The average molecular weight is 256 g/mol. The molecule has 0 radical (unpaired) electrons. The maximum atomic E-state index is 11.9. The SMILES string of the molecule is Cc1cc(NC(=O)Cc2ccccn2)c(C)cc1O. The number of carbonyl (C=O) groups is 1. The van der Waals surface area contributed by atoms with Gasteiger partial charge in [0.15, 0.2) is 0 Å². The highest BCUT2D eigenvalue weighted by Crippen LogP contribution is 2.24. The van der Waals surface area contributed by atoms with Crippen LogP contribution >= 0.6 is 0 Å². The predicted molar refractivity (Wildman–Crippen MR) is 74.2 cm³/mol. The van der Waals surface area contributed by atoms with E-state index in [1.165, 1.54) is 0 Å². The molecule has 0 aliphatic heterocycles. The fourth-order valence-corrected chi connectivity index (χ4v) is 1.80. The Bertz CT molecular complexity index is 595. The van der Waals surface area contributed by atoms with Crippen LogP contribution in [0.1, 0.15) is 16.8 Å². The number of pyridine rings is 1. The summed E-state index contributed by atoms with van der Waals surface area (Å²) in [7, 11) is 0. The van der Waals surface area contributed by atoms with Crippen molar-refractivity contribution in [2.24, 2.45) is 0 Å². The minimum Gasteiger partial charge on any atom is -0.508 e. The number of carbonyl (C=O) groups excluding carboxylic acids is 1. The molecular weight excluding hydrogens is 240 g/mol. The second kappa shape index (κ2) is 5.52. The van der Waals surface area contributed by atoms with E-state index in [4.69, 9.17) is 0 Å². The second-order valence-corrected chi connectivity index (χ2v) is 4.50. The molecule has 0 unspecified atom stereocenters. The number of phenols is 1. The molecule has 2 N–H and O–H groups in total. The van der Waals surface area contributed by atoms with E-state index < -0.39 is 0 Å². The summed E-state index contributed by atoms with van der Waals surface area (Å²) in [6.45, 7) is 3.64. The molecule has 98 valence electrons. The van der Waals surface area contributed by atoms with E-state index in [9.17, 15) is 9.90 Å². The molecular formula is C15H16N2O2. The van der Waals surface area contributed by atoms with Gasteiger partial charge in [0.25, 0.3) is 0 Å². The van der Waals surface area contributed by atoms with Crippen LogP contribution in [0.4, 0.5) is 5.69 Å². The number of nitrogens with one attached hydrogen (secondary N) is 1. The Labute approximate surface area is 112 Å². The van der Waals surface area contributed by atoms with Crippen molar-refractivity contribution in [1.29, 1.82) is 0 Å². The van der Waals surface area contributed by atoms with Gasteiger partial charge in [-0.2, -0.15) is 0 Å². The van der Waals surface area contributed by atoms with Crippen molar-refractivity contribution in [3.05, 3.63) is 53.3 Å². The number of nitrogens with zero attached hydrogens (tertiary/aromatic N) is 1. The Hall–Kier alpha value is -2.36. The highest BCUT2D eigenvalue weighted by Gasteiger charge is 2.08. The number of hydrogen-bond donors (Lipinski definition) is 2. The van der Waals surface area contributed by atoms with Gasteiger partial charge in [-0.3, -0.25) is 9.78 Å². The first-order valence-corrected chi connectivity index (χ1v) is 6.06. The number of anilines is 1. The molecule has 4 heteroatoms. The molecule has 19 heavy (non-hydrogen) atoms. The number of hydrogen-bond acceptors (Lipinski definition) is 3. The van der Waals surface area contributed by atoms with Gasteiger partial charge in [0.05, 0.1) is 6.42 Å². The van der Waals surface area contributed by atoms with Gasteiger partial charge < -0.3 is 10.4 Å². The van der Waals surface area contributed by atoms with Crippen LogP contribution in [0.3, 0.4) is 0 Å². The van der Waals surface area contributed by atoms with Crippen molar-refractivity contribution in [3.63, 3.8) is 0 Å². The van der Waals surface area contributed by atoms with Crippen LogP contribution in [0.2, 0.25) is 0 Å². The summed E-state index contributed by atoms with van der Waals surface area (Å²) >= 11 is 0. The van der Waals surface area contributed by atoms with Crippen molar-refractivity contribution in [3.8, 4) is 5.75 Å². The first-order valence-electron chi connectivity index (χ1n) is 6.06. The van der Waals surface area contributed by atoms with Gasteiger partial charge in [0.2, 0.25) is 5.91 Å². The summed E-state index contributed by atoms with van der Waals surface area (Å²) in [5.74, 6) is 0.118. The lowest BCUT2D eigenvalue weighted by atomic mass is 10.1. The third-order valence-electron chi connectivity index (χ3n) is 2.88. The molecule has 2 aromatic rings. The lowest BCUT2D eigenvalue weighted by Crippen LogP contribution is -2.15. The second-order valence-electron chi connectivity index (χ2n) is 4.50. The number of benzene rings is 1. The molecule has 2 rings (SSSR count). The van der Waals surface area contributed by atoms with E-state index in [1.807, 2.05) is 25.1 Å². The Morgan fingerprint density at radius 2 is 2.05 bits per heavy atom. The van der Waals surface area contributed by atoms with E-state index in [1.54, 1.807) is 25.3 Å². The molecule has 1 aromatic heterocycles. The van der Waals surface area contributed by atoms with Crippen LogP contribution < -0.4 is 5.32 Å². The van der Waals surface area contributed by atoms with E-state index in [0.717, 1.165) is 22.5 Å². The summed E-state index contributed by atoms with van der Waals surface area (Å²) in [4.78, 5) is 16.0. The van der Waals surface area contributed by atoms with Crippen LogP contribution in [0.25, 0.3) is 0 Å². The van der Waals surface area contributed by atoms with Crippen molar-refractivity contribution >= 4 is 11.6 Å². The molecule has 1 amide bonds. The van der Waals surface area contributed by atoms with Crippen molar-refractivity contribution in [2.45, 2.75) is 20.3 Å². The predicted octanol–water partition coefficient (Wildman–Crippen LogP) is 2.59. The summed E-state index contributed by atoms with van der Waals surface area (Å²) in [5, 5.41) is 12.4. The van der Waals surface area contributed by atoms with Gasteiger partial charge in [-0.15, -0.1) is 0 Å². The fourth-order valence-electron chi connectivity index (χ4n) is 1.80. The molecule has 0 saturated carbocycles. The van der Waals surface area contributed by atoms with Gasteiger partial charge in [-0.05, 0) is 49.2 Å². The zero-order valence-electron chi connectivity index (χ0n) is 11.0. The van der Waals surface area contributed by atoms with E-state index >= 15 is 0 Å². The molecule has 0 aliphatic carbocycles. The quantitative estimate of drug-likeness (QED) is 0.830. The van der Waals surface area contributed by atoms with E-state index in [2.05, 4.69) is 10.3 Å². The lowest BCUT2D eigenvalue weighted by Gasteiger charge is -2.10. The van der Waals surface area contributed by atoms with Gasteiger partial charge in [0.1, 0.15) is 5.75 Å². The fraction of sp³-hybridized carbons (Fsp3) is 0.200. The molecule has 0 bridgehead atoms. The van der Waals surface area contributed by atoms with Crippen LogP contribution in [0, 0.1) is 13.8 Å². The molecule has 1 heterocycles. The number of aromatic nitrogens is 1. The lowest BCUT2D eigenvalue weighted by molar-refractivity contribution is -0.115. The molecule has 1 aromatic carbocycles. The normalized spacial score (nSPS) is 10.2. The zero-order chi connectivity index (χ0) is 13.8. The van der Waals surface area contributed by atoms with Gasteiger partial charge >= 0.3 is 0 Å². The van der Waals surface area contributed by atoms with Crippen molar-refractivity contribution < 1.29 is 9.90 Å². The minimum absolute atomic E-state index is 0.119. The summed E-state index contributed by atoms with van der Waals surface area (Å²) in [6.07, 6.45) is 1.90. The number of amides is 1. The standard InChI is InChI=1S/C15H16N2O2/c1-10-8-14(18)11(2)7-13(10)17-15(19)9-12-5-3-4-6-16-12/h3-8,18H,9H2,1-2H3,(H,17,19).